The van der Waals surface area contributed by atoms with Crippen LogP contribution in [-0.4, -0.2) is 25.3 Å². The average Bonchev–Trinajstić information content (AvgIpc) is 3.12. The highest BCUT2D eigenvalue weighted by Gasteiger charge is 2.55. The Kier molecular flexibility index (Phi) is 3.09. The molecule has 2 aromatic rings. The number of quaternary nitrogens is 1. The molecule has 2 aliphatic rings. The lowest BCUT2D eigenvalue weighted by atomic mass is 10.2. The van der Waals surface area contributed by atoms with Crippen LogP contribution in [0.1, 0.15) is 5.56 Å². The van der Waals surface area contributed by atoms with Gasteiger partial charge in [0.15, 0.2) is 6.34 Å². The Balaban J connectivity index is 2.08. The summed E-state index contributed by atoms with van der Waals surface area (Å²) in [5, 5.41) is 8.24. The molecule has 1 aromatic carbocycles. The molecule has 0 spiro atoms. The van der Waals surface area contributed by atoms with Gasteiger partial charge >= 0.3 is 6.02 Å². The van der Waals surface area contributed by atoms with Crippen molar-refractivity contribution in [3.8, 4) is 0 Å². The zero-order valence-corrected chi connectivity index (χ0v) is 13.7. The van der Waals surface area contributed by atoms with Gasteiger partial charge in [-0.3, -0.25) is 0 Å². The Morgan fingerprint density at radius 1 is 1.18 bits per heavy atom. The summed E-state index contributed by atoms with van der Waals surface area (Å²) in [5.74, 6) is 0.679. The molecule has 0 N–H and O–H groups in total. The molecule has 5 nitrogen and oxygen atoms in total. The normalized spacial score (nSPS) is 22.0. The van der Waals surface area contributed by atoms with E-state index in [1.807, 2.05) is 11.4 Å². The molecule has 0 saturated carbocycles. The quantitative estimate of drug-likeness (QED) is 0.701. The van der Waals surface area contributed by atoms with Gasteiger partial charge in [0.05, 0.1) is 12.7 Å². The first kappa shape index (κ1) is 13.9. The highest BCUT2D eigenvalue weighted by molar-refractivity contribution is 7.14. The summed E-state index contributed by atoms with van der Waals surface area (Å²) in [6, 6.07) is 7.63. The van der Waals surface area contributed by atoms with Crippen LogP contribution < -0.4 is 4.59 Å². The van der Waals surface area contributed by atoms with E-state index in [2.05, 4.69) is 15.1 Å². The molecule has 0 saturated heterocycles. The SMILES string of the molecule is COC1=Nc2sccc2C2=NC=N[N+]12c1c(Cl)cccc1Cl. The third-order valence-corrected chi connectivity index (χ3v) is 4.93. The van der Waals surface area contributed by atoms with Crippen molar-refractivity contribution in [3.05, 3.63) is 45.3 Å². The fraction of sp³-hybridized carbons (Fsp3) is 0.0714. The number of nitrogens with zero attached hydrogens (tertiary/aromatic N) is 4. The van der Waals surface area contributed by atoms with Crippen LogP contribution in [0.2, 0.25) is 10.0 Å². The number of methoxy groups -OCH3 is 1. The van der Waals surface area contributed by atoms with Crippen LogP contribution in [0.4, 0.5) is 10.7 Å². The molecule has 1 unspecified atom stereocenters. The van der Waals surface area contributed by atoms with Crippen molar-refractivity contribution in [1.29, 1.82) is 0 Å². The lowest BCUT2D eigenvalue weighted by Gasteiger charge is -2.30. The maximum Gasteiger partial charge on any atom is 0.439 e. The van der Waals surface area contributed by atoms with Crippen molar-refractivity contribution in [2.75, 3.05) is 7.11 Å². The number of para-hydroxylation sites is 1. The standard InChI is InChI=1S/C14H9Cl2N4OS/c1-21-14-19-13-8(5-6-22-13)12-17-7-18-20(12,14)11-9(15)3-2-4-10(11)16/h2-7H,1H3/q+1. The number of rotatable bonds is 1. The Morgan fingerprint density at radius 3 is 2.68 bits per heavy atom. The van der Waals surface area contributed by atoms with Gasteiger partial charge in [0.1, 0.15) is 15.0 Å². The van der Waals surface area contributed by atoms with Crippen LogP contribution in [-0.2, 0) is 4.74 Å². The van der Waals surface area contributed by atoms with E-state index in [-0.39, 0.29) is 4.59 Å². The van der Waals surface area contributed by atoms with Crippen LogP contribution in [0.25, 0.3) is 0 Å². The molecule has 0 amide bonds. The minimum Gasteiger partial charge on any atom is -0.437 e. The summed E-state index contributed by atoms with van der Waals surface area (Å²) >= 11 is 14.3. The predicted octanol–water partition coefficient (Wildman–Crippen LogP) is 4.41. The van der Waals surface area contributed by atoms with Crippen molar-refractivity contribution in [3.63, 3.8) is 0 Å². The maximum atomic E-state index is 6.41. The summed E-state index contributed by atoms with van der Waals surface area (Å²) in [6.45, 7) is 0. The molecule has 0 aliphatic carbocycles. The van der Waals surface area contributed by atoms with Gasteiger partial charge in [-0.2, -0.15) is 4.99 Å². The summed E-state index contributed by atoms with van der Waals surface area (Å²) in [4.78, 5) is 9.00. The number of fused-ring (bicyclic) bond motifs is 3. The van der Waals surface area contributed by atoms with Gasteiger partial charge < -0.3 is 4.74 Å². The first-order valence-corrected chi connectivity index (χ1v) is 7.99. The van der Waals surface area contributed by atoms with Crippen LogP contribution in [0, 0.1) is 0 Å². The Hall–Kier alpha value is -1.73. The fourth-order valence-corrected chi connectivity index (χ4v) is 4.02. The van der Waals surface area contributed by atoms with Crippen molar-refractivity contribution in [2.24, 2.45) is 15.1 Å². The maximum absolute atomic E-state index is 6.41. The molecule has 2 aliphatic heterocycles. The largest absolute Gasteiger partial charge is 0.439 e. The van der Waals surface area contributed by atoms with Gasteiger partial charge in [-0.1, -0.05) is 29.3 Å². The van der Waals surface area contributed by atoms with Crippen molar-refractivity contribution < 1.29 is 4.74 Å². The number of aliphatic imine (C=N–C) groups is 2. The number of halogens is 2. The second-order valence-electron chi connectivity index (χ2n) is 4.63. The number of hydrogen-bond donors (Lipinski definition) is 0. The van der Waals surface area contributed by atoms with Crippen LogP contribution in [0.15, 0.2) is 44.7 Å². The molecule has 0 fully saturated rings. The predicted molar refractivity (Wildman–Crippen MR) is 91.7 cm³/mol. The zero-order chi connectivity index (χ0) is 15.3. The fourth-order valence-electron chi connectivity index (χ4n) is 2.63. The first-order valence-electron chi connectivity index (χ1n) is 6.35. The van der Waals surface area contributed by atoms with E-state index in [9.17, 15) is 0 Å². The minimum atomic E-state index is -0.182. The lowest BCUT2D eigenvalue weighted by molar-refractivity contribution is 0.341. The number of ether oxygens (including phenoxy) is 1. The molecule has 1 aromatic heterocycles. The number of thiophene rings is 1. The van der Waals surface area contributed by atoms with Gasteiger partial charge in [0.2, 0.25) is 5.69 Å². The second kappa shape index (κ2) is 4.89. The Labute approximate surface area is 140 Å². The van der Waals surface area contributed by atoms with E-state index in [0.717, 1.165) is 10.6 Å². The summed E-state index contributed by atoms with van der Waals surface area (Å²) in [5.41, 5.74) is 1.48. The van der Waals surface area contributed by atoms with E-state index in [1.165, 1.54) is 17.7 Å². The number of amidine groups is 2. The molecule has 110 valence electrons. The molecule has 22 heavy (non-hydrogen) atoms. The van der Waals surface area contributed by atoms with E-state index in [0.29, 0.717) is 27.6 Å². The Bertz CT molecular complexity index is 853. The first-order chi connectivity index (χ1) is 10.7. The smallest absolute Gasteiger partial charge is 0.437 e. The van der Waals surface area contributed by atoms with E-state index < -0.39 is 0 Å². The highest BCUT2D eigenvalue weighted by Crippen LogP contribution is 2.46. The second-order valence-corrected chi connectivity index (χ2v) is 6.34. The molecule has 0 radical (unpaired) electrons. The summed E-state index contributed by atoms with van der Waals surface area (Å²) in [7, 11) is 1.55. The van der Waals surface area contributed by atoms with E-state index in [1.54, 1.807) is 25.3 Å². The molecule has 0 bridgehead atoms. The zero-order valence-electron chi connectivity index (χ0n) is 11.3. The molecular formula is C14H9Cl2N4OS+. The van der Waals surface area contributed by atoms with Gasteiger partial charge in [0, 0.05) is 0 Å². The highest BCUT2D eigenvalue weighted by atomic mass is 35.5. The van der Waals surface area contributed by atoms with Gasteiger partial charge in [-0.15, -0.1) is 16.3 Å². The third-order valence-electron chi connectivity index (χ3n) is 3.51. The van der Waals surface area contributed by atoms with Crippen LogP contribution >= 0.6 is 34.5 Å². The Morgan fingerprint density at radius 2 is 1.95 bits per heavy atom. The lowest BCUT2D eigenvalue weighted by Crippen LogP contribution is -2.55. The third kappa shape index (κ3) is 1.66. The minimum absolute atomic E-state index is 0.182. The topological polar surface area (TPSA) is 46.3 Å². The van der Waals surface area contributed by atoms with Crippen LogP contribution in [0.3, 0.4) is 0 Å². The van der Waals surface area contributed by atoms with E-state index >= 15 is 0 Å². The number of benzene rings is 1. The molecule has 4 rings (SSSR count). The molecular weight excluding hydrogens is 343 g/mol. The number of hydrogen-bond acceptors (Lipinski definition) is 5. The van der Waals surface area contributed by atoms with Crippen molar-refractivity contribution in [2.45, 2.75) is 0 Å². The van der Waals surface area contributed by atoms with E-state index in [4.69, 9.17) is 27.9 Å². The van der Waals surface area contributed by atoms with Gasteiger partial charge in [0.25, 0.3) is 5.84 Å². The van der Waals surface area contributed by atoms with Gasteiger partial charge in [-0.05, 0) is 33.3 Å². The summed E-state index contributed by atoms with van der Waals surface area (Å²) < 4.78 is 5.33. The molecule has 1 atom stereocenters. The average molecular weight is 352 g/mol. The van der Waals surface area contributed by atoms with Crippen molar-refractivity contribution in [1.82, 2.24) is 4.59 Å². The molecule has 3 heterocycles. The van der Waals surface area contributed by atoms with Gasteiger partial charge in [-0.25, -0.2) is 0 Å². The van der Waals surface area contributed by atoms with Crippen LogP contribution in [0.5, 0.6) is 0 Å². The van der Waals surface area contributed by atoms with Crippen molar-refractivity contribution >= 4 is 63.4 Å². The molecule has 8 heteroatoms. The summed E-state index contributed by atoms with van der Waals surface area (Å²) in [6.07, 6.45) is 1.48. The monoisotopic (exact) mass is 351 g/mol.